The molecule has 0 saturated heterocycles. The molecule has 2 heterocycles. The van der Waals surface area contributed by atoms with E-state index in [1.807, 2.05) is 12.1 Å². The molecular formula is C20H16ClN3O6S2. The van der Waals surface area contributed by atoms with Crippen LogP contribution in [0.1, 0.15) is 5.76 Å². The van der Waals surface area contributed by atoms with Crippen molar-refractivity contribution in [2.24, 2.45) is 15.9 Å². The second kappa shape index (κ2) is 7.55. The molecule has 12 heteroatoms. The summed E-state index contributed by atoms with van der Waals surface area (Å²) in [6.07, 6.45) is 0.960. The van der Waals surface area contributed by atoms with Crippen molar-refractivity contribution in [3.8, 4) is 0 Å². The van der Waals surface area contributed by atoms with Gasteiger partial charge in [-0.3, -0.25) is 9.79 Å². The topological polar surface area (TPSA) is 163 Å². The fourth-order valence-corrected chi connectivity index (χ4v) is 6.89. The van der Waals surface area contributed by atoms with Gasteiger partial charge in [-0.05, 0) is 30.3 Å². The van der Waals surface area contributed by atoms with Crippen LogP contribution in [0.2, 0.25) is 0 Å². The van der Waals surface area contributed by atoms with Crippen molar-refractivity contribution in [2.45, 2.75) is 14.5 Å². The SMILES string of the molecule is NC(=O)C1(S(=O)(=O)c2ccccc2S(N)(=O)=O)C=C(Cl)C(c2cc3ccccc3o2)=NC1. The summed E-state index contributed by atoms with van der Waals surface area (Å²) in [7, 11) is -9.16. The lowest BCUT2D eigenvalue weighted by Gasteiger charge is -2.29. The minimum absolute atomic E-state index is 0.134. The predicted octanol–water partition coefficient (Wildman–Crippen LogP) is 1.70. The number of halogens is 1. The predicted molar refractivity (Wildman–Crippen MR) is 118 cm³/mol. The first kappa shape index (κ1) is 22.2. The van der Waals surface area contributed by atoms with Crippen molar-refractivity contribution in [3.05, 3.63) is 71.5 Å². The summed E-state index contributed by atoms with van der Waals surface area (Å²) in [5.41, 5.74) is 6.20. The molecule has 1 aromatic heterocycles. The second-order valence-electron chi connectivity index (χ2n) is 7.05. The van der Waals surface area contributed by atoms with E-state index in [0.717, 1.165) is 23.6 Å². The molecule has 0 fully saturated rings. The number of allylic oxidation sites excluding steroid dienone is 1. The number of fused-ring (bicyclic) bond motifs is 1. The maximum Gasteiger partial charge on any atom is 0.245 e. The highest BCUT2D eigenvalue weighted by atomic mass is 35.5. The molecule has 0 radical (unpaired) electrons. The number of hydrogen-bond acceptors (Lipinski definition) is 7. The number of sulfone groups is 1. The van der Waals surface area contributed by atoms with E-state index < -0.39 is 46.9 Å². The van der Waals surface area contributed by atoms with Crippen LogP contribution in [0, 0.1) is 0 Å². The lowest BCUT2D eigenvalue weighted by Crippen LogP contribution is -2.53. The molecule has 1 atom stereocenters. The molecule has 1 unspecified atom stereocenters. The molecule has 4 rings (SSSR count). The Morgan fingerprint density at radius 1 is 1.03 bits per heavy atom. The van der Waals surface area contributed by atoms with Crippen molar-refractivity contribution < 1.29 is 26.0 Å². The monoisotopic (exact) mass is 493 g/mol. The largest absolute Gasteiger partial charge is 0.454 e. The van der Waals surface area contributed by atoms with E-state index in [2.05, 4.69) is 4.99 Å². The van der Waals surface area contributed by atoms with Gasteiger partial charge in [0.05, 0.1) is 16.5 Å². The van der Waals surface area contributed by atoms with Crippen LogP contribution >= 0.6 is 11.6 Å². The van der Waals surface area contributed by atoms with E-state index in [1.54, 1.807) is 18.2 Å². The molecule has 32 heavy (non-hydrogen) atoms. The van der Waals surface area contributed by atoms with Gasteiger partial charge >= 0.3 is 0 Å². The van der Waals surface area contributed by atoms with Crippen LogP contribution in [0.4, 0.5) is 0 Å². The fourth-order valence-electron chi connectivity index (χ4n) is 3.43. The van der Waals surface area contributed by atoms with Gasteiger partial charge in [0.2, 0.25) is 15.9 Å². The Morgan fingerprint density at radius 3 is 2.25 bits per heavy atom. The van der Waals surface area contributed by atoms with Crippen LogP contribution < -0.4 is 10.9 Å². The Labute approximate surface area is 188 Å². The first-order valence-corrected chi connectivity index (χ1v) is 12.5. The minimum atomic E-state index is -4.73. The normalized spacial score (nSPS) is 19.4. The zero-order chi connectivity index (χ0) is 23.3. The number of sulfonamides is 1. The zero-order valence-electron chi connectivity index (χ0n) is 16.2. The van der Waals surface area contributed by atoms with Crippen molar-refractivity contribution in [1.82, 2.24) is 0 Å². The van der Waals surface area contributed by atoms with Gasteiger partial charge in [-0.25, -0.2) is 22.0 Å². The Morgan fingerprint density at radius 2 is 1.66 bits per heavy atom. The minimum Gasteiger partial charge on any atom is -0.454 e. The van der Waals surface area contributed by atoms with Gasteiger partial charge in [0.1, 0.15) is 16.2 Å². The third-order valence-electron chi connectivity index (χ3n) is 5.06. The molecular weight excluding hydrogens is 478 g/mol. The smallest absolute Gasteiger partial charge is 0.245 e. The molecule has 2 aromatic carbocycles. The molecule has 0 saturated carbocycles. The average Bonchev–Trinajstić information content (AvgIpc) is 3.16. The lowest BCUT2D eigenvalue weighted by atomic mass is 10.0. The third-order valence-corrected chi connectivity index (χ3v) is 8.79. The first-order valence-electron chi connectivity index (χ1n) is 9.06. The molecule has 0 bridgehead atoms. The van der Waals surface area contributed by atoms with Gasteiger partial charge < -0.3 is 10.2 Å². The van der Waals surface area contributed by atoms with E-state index in [4.69, 9.17) is 26.9 Å². The summed E-state index contributed by atoms with van der Waals surface area (Å²) >= 11 is 6.35. The number of primary amides is 1. The maximum atomic E-state index is 13.5. The summed E-state index contributed by atoms with van der Waals surface area (Å²) in [6.45, 7) is -0.633. The Kier molecular flexibility index (Phi) is 5.24. The van der Waals surface area contributed by atoms with Crippen LogP contribution in [-0.2, 0) is 24.7 Å². The number of hydrogen-bond donors (Lipinski definition) is 2. The van der Waals surface area contributed by atoms with E-state index in [9.17, 15) is 21.6 Å². The summed E-state index contributed by atoms with van der Waals surface area (Å²) in [5, 5.41) is 5.76. The van der Waals surface area contributed by atoms with Crippen molar-refractivity contribution in [1.29, 1.82) is 0 Å². The molecule has 9 nitrogen and oxygen atoms in total. The number of para-hydroxylation sites is 1. The van der Waals surface area contributed by atoms with Gasteiger partial charge in [-0.15, -0.1) is 0 Å². The third kappa shape index (κ3) is 3.43. The quantitative estimate of drug-likeness (QED) is 0.549. The first-order chi connectivity index (χ1) is 15.0. The number of aliphatic imine (C=N–C) groups is 1. The Bertz CT molecular complexity index is 1510. The highest BCUT2D eigenvalue weighted by Crippen LogP contribution is 2.36. The van der Waals surface area contributed by atoms with Crippen molar-refractivity contribution >= 4 is 54.0 Å². The summed E-state index contributed by atoms with van der Waals surface area (Å²) in [4.78, 5) is 15.3. The van der Waals surface area contributed by atoms with E-state index in [-0.39, 0.29) is 16.5 Å². The number of nitrogens with zero attached hydrogens (tertiary/aromatic N) is 1. The number of primary sulfonamides is 1. The van der Waals surface area contributed by atoms with Gasteiger partial charge in [0.25, 0.3) is 0 Å². The number of benzene rings is 2. The number of nitrogens with two attached hydrogens (primary N) is 2. The Balaban J connectivity index is 1.86. The molecule has 1 amide bonds. The zero-order valence-corrected chi connectivity index (χ0v) is 18.6. The number of rotatable bonds is 5. The second-order valence-corrected chi connectivity index (χ2v) is 11.2. The average molecular weight is 494 g/mol. The number of carbonyl (C=O) groups excluding carboxylic acids is 1. The van der Waals surface area contributed by atoms with Gasteiger partial charge in [-0.2, -0.15) is 0 Å². The van der Waals surface area contributed by atoms with Crippen LogP contribution in [-0.4, -0.2) is 39.7 Å². The molecule has 1 aliphatic heterocycles. The van der Waals surface area contributed by atoms with Crippen molar-refractivity contribution in [2.75, 3.05) is 6.54 Å². The lowest BCUT2D eigenvalue weighted by molar-refractivity contribution is -0.119. The van der Waals surface area contributed by atoms with Gasteiger partial charge in [0, 0.05) is 5.39 Å². The van der Waals surface area contributed by atoms with Crippen LogP contribution in [0.25, 0.3) is 11.0 Å². The summed E-state index contributed by atoms with van der Waals surface area (Å²) < 4.78 is 54.3. The number of dihydropyridines is 1. The summed E-state index contributed by atoms with van der Waals surface area (Å²) in [6, 6.07) is 13.5. The van der Waals surface area contributed by atoms with Crippen LogP contribution in [0.3, 0.4) is 0 Å². The number of carbonyl (C=O) groups is 1. The highest BCUT2D eigenvalue weighted by molar-refractivity contribution is 7.95. The summed E-state index contributed by atoms with van der Waals surface area (Å²) in [5.74, 6) is -1.000. The fraction of sp³-hybridized carbons (Fsp3) is 0.100. The molecule has 166 valence electrons. The van der Waals surface area contributed by atoms with E-state index in [1.165, 1.54) is 12.1 Å². The van der Waals surface area contributed by atoms with Gasteiger partial charge in [0.15, 0.2) is 20.3 Å². The molecule has 1 aliphatic rings. The number of furan rings is 1. The number of amides is 1. The Hall–Kier alpha value is -2.99. The van der Waals surface area contributed by atoms with Crippen molar-refractivity contribution in [3.63, 3.8) is 0 Å². The molecule has 0 aliphatic carbocycles. The van der Waals surface area contributed by atoms with E-state index in [0.29, 0.717) is 5.58 Å². The molecule has 0 spiro atoms. The molecule has 3 aromatic rings. The van der Waals surface area contributed by atoms with E-state index >= 15 is 0 Å². The standard InChI is InChI=1S/C20H16ClN3O6S2/c21-13-10-20(19(22)25,31(26,27)16-7-3-4-8-17(16)32(23,28)29)11-24-18(13)15-9-12-5-1-2-6-14(12)30-15/h1-10H,11H2,(H2,22,25)(H2,23,28,29). The highest BCUT2D eigenvalue weighted by Gasteiger charge is 2.52. The van der Waals surface area contributed by atoms with Crippen LogP contribution in [0.5, 0.6) is 0 Å². The molecule has 4 N–H and O–H groups in total. The van der Waals surface area contributed by atoms with Gasteiger partial charge in [-0.1, -0.05) is 41.9 Å². The van der Waals surface area contributed by atoms with Crippen LogP contribution in [0.15, 0.2) is 84.9 Å². The maximum absolute atomic E-state index is 13.5.